The number of hydrogen-bond donors (Lipinski definition) is 2. The highest BCUT2D eigenvalue weighted by Crippen LogP contribution is 2.32. The Labute approximate surface area is 234 Å². The van der Waals surface area contributed by atoms with Crippen LogP contribution in [0.4, 0.5) is 15.4 Å². The summed E-state index contributed by atoms with van der Waals surface area (Å²) >= 11 is 21.8. The number of halogens is 4. The van der Waals surface area contributed by atoms with E-state index in [-0.39, 0.29) is 23.3 Å². The van der Waals surface area contributed by atoms with Gasteiger partial charge in [0, 0.05) is 16.1 Å². The van der Waals surface area contributed by atoms with Gasteiger partial charge in [-0.1, -0.05) is 40.9 Å². The van der Waals surface area contributed by atoms with E-state index in [0.717, 1.165) is 5.56 Å². The van der Waals surface area contributed by atoms with Crippen molar-refractivity contribution in [3.05, 3.63) is 49.5 Å². The lowest BCUT2D eigenvalue weighted by atomic mass is 10.1. The predicted molar refractivity (Wildman–Crippen MR) is 146 cm³/mol. The Morgan fingerprint density at radius 1 is 1.00 bits per heavy atom. The van der Waals surface area contributed by atoms with Crippen molar-refractivity contribution >= 4 is 68.7 Å². The van der Waals surface area contributed by atoms with E-state index >= 15 is 0 Å². The number of carbonyl (C=O) groups excluding carboxylic acids is 2. The highest BCUT2D eigenvalue weighted by Gasteiger charge is 2.23. The third kappa shape index (κ3) is 10.6. The van der Waals surface area contributed by atoms with Gasteiger partial charge in [0.25, 0.3) is 0 Å². The summed E-state index contributed by atoms with van der Waals surface area (Å²) < 4.78 is 17.1. The largest absolute Gasteiger partial charge is 0.487 e. The summed E-state index contributed by atoms with van der Waals surface area (Å²) in [5.74, 6) is 0.258. The van der Waals surface area contributed by atoms with E-state index in [4.69, 9.17) is 49.0 Å². The van der Waals surface area contributed by atoms with Gasteiger partial charge in [0.05, 0.1) is 10.5 Å². The zero-order valence-electron chi connectivity index (χ0n) is 20.8. The van der Waals surface area contributed by atoms with Crippen LogP contribution in [0.25, 0.3) is 0 Å². The number of benzene rings is 1. The average molecular weight is 626 g/mol. The van der Waals surface area contributed by atoms with Crippen molar-refractivity contribution in [2.24, 2.45) is 0 Å². The molecular formula is C24H29BrCl3N3O5. The quantitative estimate of drug-likeness (QED) is 0.307. The fourth-order valence-electron chi connectivity index (χ4n) is 2.82. The van der Waals surface area contributed by atoms with Crippen molar-refractivity contribution in [1.82, 2.24) is 10.3 Å². The molecule has 0 aliphatic heterocycles. The first-order valence-corrected chi connectivity index (χ1v) is 12.9. The van der Waals surface area contributed by atoms with E-state index in [1.807, 2.05) is 0 Å². The number of aromatic nitrogens is 1. The molecule has 198 valence electrons. The lowest BCUT2D eigenvalue weighted by Crippen LogP contribution is -2.43. The molecule has 0 saturated carbocycles. The molecule has 1 aromatic carbocycles. The van der Waals surface area contributed by atoms with E-state index in [2.05, 4.69) is 31.5 Å². The zero-order valence-corrected chi connectivity index (χ0v) is 24.7. The van der Waals surface area contributed by atoms with E-state index in [9.17, 15) is 9.59 Å². The van der Waals surface area contributed by atoms with Gasteiger partial charge in [-0.05, 0) is 81.6 Å². The van der Waals surface area contributed by atoms with Gasteiger partial charge in [0.2, 0.25) is 0 Å². The number of carbonyl (C=O) groups is 2. The third-order valence-corrected chi connectivity index (χ3v) is 5.87. The van der Waals surface area contributed by atoms with Crippen LogP contribution in [0, 0.1) is 0 Å². The number of anilines is 1. The lowest BCUT2D eigenvalue weighted by molar-refractivity contribution is 0.0487. The molecule has 36 heavy (non-hydrogen) atoms. The van der Waals surface area contributed by atoms with Gasteiger partial charge in [0.1, 0.15) is 23.0 Å². The molecule has 0 saturated heterocycles. The molecule has 1 atom stereocenters. The first-order chi connectivity index (χ1) is 16.5. The highest BCUT2D eigenvalue weighted by molar-refractivity contribution is 9.10. The molecule has 1 aromatic heterocycles. The molecule has 2 N–H and O–H groups in total. The molecule has 2 rings (SSSR count). The highest BCUT2D eigenvalue weighted by atomic mass is 79.9. The Kier molecular flexibility index (Phi) is 10.5. The van der Waals surface area contributed by atoms with Gasteiger partial charge >= 0.3 is 12.2 Å². The molecule has 0 spiro atoms. The number of alkyl carbamates (subject to hydrolysis) is 1. The van der Waals surface area contributed by atoms with Crippen LogP contribution in [0.2, 0.25) is 15.2 Å². The zero-order chi connectivity index (χ0) is 27.3. The number of ether oxygens (including phenoxy) is 3. The minimum absolute atomic E-state index is 0.0169. The van der Waals surface area contributed by atoms with Crippen molar-refractivity contribution in [2.75, 3.05) is 11.9 Å². The van der Waals surface area contributed by atoms with E-state index in [1.54, 1.807) is 65.8 Å². The maximum absolute atomic E-state index is 12.5. The Bertz CT molecular complexity index is 1100. The summed E-state index contributed by atoms with van der Waals surface area (Å²) in [6, 6.07) is 6.08. The molecule has 0 fully saturated rings. The monoisotopic (exact) mass is 623 g/mol. The van der Waals surface area contributed by atoms with Crippen LogP contribution >= 0.6 is 50.7 Å². The van der Waals surface area contributed by atoms with Gasteiger partial charge in [-0.2, -0.15) is 0 Å². The molecule has 8 nitrogen and oxygen atoms in total. The summed E-state index contributed by atoms with van der Waals surface area (Å²) in [5, 5.41) is 6.40. The summed E-state index contributed by atoms with van der Waals surface area (Å²) in [6.45, 7) is 10.5. The number of nitrogens with one attached hydrogen (secondary N) is 2. The van der Waals surface area contributed by atoms with Crippen molar-refractivity contribution < 1.29 is 23.8 Å². The smallest absolute Gasteiger partial charge is 0.413 e. The fraction of sp³-hybridized carbons (Fsp3) is 0.458. The van der Waals surface area contributed by atoms with Crippen LogP contribution in [-0.2, 0) is 15.9 Å². The molecule has 0 aliphatic carbocycles. The number of amides is 2. The fourth-order valence-corrected chi connectivity index (χ4v) is 3.74. The van der Waals surface area contributed by atoms with E-state index in [1.165, 1.54) is 0 Å². The second kappa shape index (κ2) is 12.5. The van der Waals surface area contributed by atoms with Crippen molar-refractivity contribution in [3.8, 4) is 5.75 Å². The SMILES string of the molecule is CC(C)(C)OC(=O)Nc1nc(Cl)c(Br)cc1OC[C@H](Cc1ccc(Cl)cc1Cl)NC(=O)OC(C)(C)C. The summed E-state index contributed by atoms with van der Waals surface area (Å²) in [6.07, 6.45) is -1.04. The van der Waals surface area contributed by atoms with E-state index in [0.29, 0.717) is 20.9 Å². The van der Waals surface area contributed by atoms with Crippen LogP contribution in [0.15, 0.2) is 28.7 Å². The second-order valence-corrected chi connectivity index (χ2v) is 11.9. The maximum atomic E-state index is 12.5. The first kappa shape index (κ1) is 30.3. The van der Waals surface area contributed by atoms with Gasteiger partial charge in [-0.25, -0.2) is 14.6 Å². The normalized spacial score (nSPS) is 12.5. The maximum Gasteiger partial charge on any atom is 0.413 e. The molecule has 0 radical (unpaired) electrons. The summed E-state index contributed by atoms with van der Waals surface area (Å²) in [5.41, 5.74) is -0.666. The van der Waals surface area contributed by atoms with Gasteiger partial charge in [0.15, 0.2) is 11.6 Å². The molecule has 0 bridgehead atoms. The number of nitrogens with zero attached hydrogens (tertiary/aromatic N) is 1. The topological polar surface area (TPSA) is 98.8 Å². The van der Waals surface area contributed by atoms with Crippen LogP contribution < -0.4 is 15.4 Å². The van der Waals surface area contributed by atoms with Crippen molar-refractivity contribution in [2.45, 2.75) is 65.2 Å². The summed E-state index contributed by atoms with van der Waals surface area (Å²) in [7, 11) is 0. The van der Waals surface area contributed by atoms with Crippen LogP contribution in [0.1, 0.15) is 47.1 Å². The van der Waals surface area contributed by atoms with Crippen molar-refractivity contribution in [1.29, 1.82) is 0 Å². The predicted octanol–water partition coefficient (Wildman–Crippen LogP) is 7.67. The Morgan fingerprint density at radius 3 is 2.19 bits per heavy atom. The van der Waals surface area contributed by atoms with Crippen LogP contribution in [0.3, 0.4) is 0 Å². The number of hydrogen-bond acceptors (Lipinski definition) is 6. The lowest BCUT2D eigenvalue weighted by Gasteiger charge is -2.25. The molecule has 0 unspecified atom stereocenters. The second-order valence-electron chi connectivity index (χ2n) is 9.83. The minimum atomic E-state index is -0.727. The Morgan fingerprint density at radius 2 is 1.61 bits per heavy atom. The van der Waals surface area contributed by atoms with Gasteiger partial charge in [-0.3, -0.25) is 5.32 Å². The average Bonchev–Trinajstić information content (AvgIpc) is 2.68. The standard InChI is InChI=1S/C24H29BrCl3N3O5/c1-23(2,3)35-21(32)29-15(9-13-7-8-14(26)10-17(13)27)12-34-18-11-16(25)19(28)30-20(18)31-22(33)36-24(4,5)6/h7-8,10-11,15H,9,12H2,1-6H3,(H,29,32)(H,30,31,33)/t15-/m0/s1. The number of pyridine rings is 1. The minimum Gasteiger partial charge on any atom is -0.487 e. The number of rotatable bonds is 7. The Hall–Kier alpha value is -1.94. The van der Waals surface area contributed by atoms with Crippen LogP contribution in [-0.4, -0.2) is 41.0 Å². The third-order valence-electron chi connectivity index (χ3n) is 4.16. The van der Waals surface area contributed by atoms with E-state index < -0.39 is 29.4 Å². The van der Waals surface area contributed by atoms with Gasteiger partial charge in [-0.15, -0.1) is 0 Å². The molecule has 1 heterocycles. The molecular weight excluding hydrogens is 597 g/mol. The van der Waals surface area contributed by atoms with Gasteiger partial charge < -0.3 is 19.5 Å². The molecule has 2 aromatic rings. The molecule has 12 heteroatoms. The molecule has 0 aliphatic rings. The summed E-state index contributed by atoms with van der Waals surface area (Å²) in [4.78, 5) is 29.0. The first-order valence-electron chi connectivity index (χ1n) is 10.9. The molecule has 2 amide bonds. The van der Waals surface area contributed by atoms with Crippen LogP contribution in [0.5, 0.6) is 5.75 Å². The Balaban J connectivity index is 2.27. The van der Waals surface area contributed by atoms with Crippen molar-refractivity contribution in [3.63, 3.8) is 0 Å².